The van der Waals surface area contributed by atoms with Crippen molar-refractivity contribution in [2.24, 2.45) is 0 Å². The van der Waals surface area contributed by atoms with Gasteiger partial charge in [0, 0.05) is 6.54 Å². The number of nitrogens with zero attached hydrogens (tertiary/aromatic N) is 1. The number of hydrogen-bond donors (Lipinski definition) is 0. The van der Waals surface area contributed by atoms with Gasteiger partial charge in [0.15, 0.2) is 0 Å². The maximum absolute atomic E-state index is 3.65. The zero-order valence-electron chi connectivity index (χ0n) is 6.52. The van der Waals surface area contributed by atoms with Crippen molar-refractivity contribution in [2.75, 3.05) is 20.6 Å². The van der Waals surface area contributed by atoms with Gasteiger partial charge in [0.1, 0.15) is 0 Å². The van der Waals surface area contributed by atoms with Crippen molar-refractivity contribution >= 4 is 0 Å². The normalized spacial score (nSPS) is 12.2. The summed E-state index contributed by atoms with van der Waals surface area (Å²) < 4.78 is 0. The van der Waals surface area contributed by atoms with E-state index in [1.54, 1.807) is 0 Å². The van der Waals surface area contributed by atoms with Crippen LogP contribution in [0.1, 0.15) is 6.92 Å². The molecule has 0 saturated heterocycles. The molecule has 0 fully saturated rings. The van der Waals surface area contributed by atoms with Gasteiger partial charge in [-0.25, -0.2) is 0 Å². The van der Waals surface area contributed by atoms with Crippen LogP contribution in [-0.4, -0.2) is 25.5 Å². The van der Waals surface area contributed by atoms with Gasteiger partial charge in [-0.1, -0.05) is 24.3 Å². The van der Waals surface area contributed by atoms with Crippen LogP contribution in [0.25, 0.3) is 0 Å². The molecule has 0 aliphatic carbocycles. The molecule has 0 spiro atoms. The fourth-order valence-electron chi connectivity index (χ4n) is 0.410. The van der Waals surface area contributed by atoms with E-state index in [1.807, 2.05) is 20.2 Å². The van der Waals surface area contributed by atoms with Crippen LogP contribution < -0.4 is 0 Å². The molecule has 0 aromatic rings. The van der Waals surface area contributed by atoms with Crippen molar-refractivity contribution in [3.8, 4) is 0 Å². The molecule has 0 aromatic carbocycles. The standard InChI is InChI=1S/C8H15N/c1-5-8(2)6-7-9(3)4/h5-6H,1,7H2,2-4H3/b8-6-. The van der Waals surface area contributed by atoms with Crippen molar-refractivity contribution in [3.63, 3.8) is 0 Å². The molecule has 0 aliphatic rings. The Balaban J connectivity index is 3.56. The van der Waals surface area contributed by atoms with Crippen LogP contribution in [0.2, 0.25) is 0 Å². The molecule has 0 atom stereocenters. The molecule has 0 rings (SSSR count). The van der Waals surface area contributed by atoms with E-state index in [4.69, 9.17) is 0 Å². The lowest BCUT2D eigenvalue weighted by Gasteiger charge is -2.04. The Hall–Kier alpha value is -0.560. The molecule has 52 valence electrons. The maximum Gasteiger partial charge on any atom is 0.0162 e. The zero-order chi connectivity index (χ0) is 7.28. The summed E-state index contributed by atoms with van der Waals surface area (Å²) in [5.41, 5.74) is 1.24. The zero-order valence-corrected chi connectivity index (χ0v) is 6.52. The first-order chi connectivity index (χ1) is 4.16. The Kier molecular flexibility index (Phi) is 4.06. The van der Waals surface area contributed by atoms with Crippen molar-refractivity contribution in [1.82, 2.24) is 4.90 Å². The highest BCUT2D eigenvalue weighted by molar-refractivity contribution is 5.12. The Bertz CT molecular complexity index is 112. The highest BCUT2D eigenvalue weighted by Gasteiger charge is 1.82. The average Bonchev–Trinajstić information content (AvgIpc) is 1.83. The Morgan fingerprint density at radius 2 is 2.11 bits per heavy atom. The maximum atomic E-state index is 3.65. The van der Waals surface area contributed by atoms with Gasteiger partial charge in [-0.15, -0.1) is 0 Å². The van der Waals surface area contributed by atoms with Crippen LogP contribution in [0.4, 0.5) is 0 Å². The van der Waals surface area contributed by atoms with E-state index in [-0.39, 0.29) is 0 Å². The smallest absolute Gasteiger partial charge is 0.0162 e. The summed E-state index contributed by atoms with van der Waals surface area (Å²) in [4.78, 5) is 2.12. The Morgan fingerprint density at radius 1 is 1.56 bits per heavy atom. The van der Waals surface area contributed by atoms with Crippen molar-refractivity contribution in [2.45, 2.75) is 6.92 Å². The van der Waals surface area contributed by atoms with Gasteiger partial charge in [0.25, 0.3) is 0 Å². The third-order valence-electron chi connectivity index (χ3n) is 1.10. The second kappa shape index (κ2) is 4.33. The minimum atomic E-state index is 0.998. The summed E-state index contributed by atoms with van der Waals surface area (Å²) in [5.74, 6) is 0. The molecule has 0 heterocycles. The van der Waals surface area contributed by atoms with E-state index in [0.717, 1.165) is 6.54 Å². The Labute approximate surface area is 57.7 Å². The molecule has 0 N–H and O–H groups in total. The van der Waals surface area contributed by atoms with Crippen LogP contribution in [0.5, 0.6) is 0 Å². The van der Waals surface area contributed by atoms with E-state index in [9.17, 15) is 0 Å². The molecule has 1 heteroatoms. The highest BCUT2D eigenvalue weighted by atomic mass is 15.0. The van der Waals surface area contributed by atoms with Gasteiger partial charge >= 0.3 is 0 Å². The summed E-state index contributed by atoms with van der Waals surface area (Å²) in [6.07, 6.45) is 4.01. The SMILES string of the molecule is C=C/C(C)=C\CN(C)C. The first-order valence-corrected chi connectivity index (χ1v) is 3.10. The second-order valence-electron chi connectivity index (χ2n) is 2.41. The summed E-state index contributed by atoms with van der Waals surface area (Å²) >= 11 is 0. The van der Waals surface area contributed by atoms with E-state index >= 15 is 0 Å². The van der Waals surface area contributed by atoms with Crippen molar-refractivity contribution < 1.29 is 0 Å². The third kappa shape index (κ3) is 5.31. The van der Waals surface area contributed by atoms with Crippen LogP contribution in [-0.2, 0) is 0 Å². The second-order valence-corrected chi connectivity index (χ2v) is 2.41. The molecular weight excluding hydrogens is 110 g/mol. The number of likely N-dealkylation sites (N-methyl/N-ethyl adjacent to an activating group) is 1. The van der Waals surface area contributed by atoms with Crippen molar-refractivity contribution in [1.29, 1.82) is 0 Å². The largest absolute Gasteiger partial charge is 0.306 e. The van der Waals surface area contributed by atoms with Gasteiger partial charge in [0.05, 0.1) is 0 Å². The Morgan fingerprint density at radius 3 is 2.44 bits per heavy atom. The molecule has 1 nitrogen and oxygen atoms in total. The summed E-state index contributed by atoms with van der Waals surface area (Å²) in [6.45, 7) is 6.70. The lowest BCUT2D eigenvalue weighted by Crippen LogP contribution is -2.10. The predicted molar refractivity (Wildman–Crippen MR) is 42.5 cm³/mol. The fraction of sp³-hybridized carbons (Fsp3) is 0.500. The summed E-state index contributed by atoms with van der Waals surface area (Å²) in [7, 11) is 4.10. The van der Waals surface area contributed by atoms with E-state index in [1.165, 1.54) is 5.57 Å². The molecule has 0 radical (unpaired) electrons. The molecule has 0 saturated carbocycles. The first-order valence-electron chi connectivity index (χ1n) is 3.10. The van der Waals surface area contributed by atoms with E-state index in [2.05, 4.69) is 24.5 Å². The van der Waals surface area contributed by atoms with Gasteiger partial charge in [-0.05, 0) is 21.0 Å². The quantitative estimate of drug-likeness (QED) is 0.519. The van der Waals surface area contributed by atoms with E-state index < -0.39 is 0 Å². The summed E-state index contributed by atoms with van der Waals surface area (Å²) in [5, 5.41) is 0. The van der Waals surface area contributed by atoms with E-state index in [0.29, 0.717) is 0 Å². The van der Waals surface area contributed by atoms with Gasteiger partial charge < -0.3 is 4.90 Å². The minimum Gasteiger partial charge on any atom is -0.306 e. The van der Waals surface area contributed by atoms with Crippen LogP contribution in [0, 0.1) is 0 Å². The topological polar surface area (TPSA) is 3.24 Å². The average molecular weight is 125 g/mol. The molecular formula is C8H15N. The monoisotopic (exact) mass is 125 g/mol. The number of hydrogen-bond acceptors (Lipinski definition) is 1. The van der Waals surface area contributed by atoms with Crippen LogP contribution in [0.15, 0.2) is 24.3 Å². The summed E-state index contributed by atoms with van der Waals surface area (Å²) in [6, 6.07) is 0. The fourth-order valence-corrected chi connectivity index (χ4v) is 0.410. The molecule has 0 bridgehead atoms. The van der Waals surface area contributed by atoms with Gasteiger partial charge in [-0.2, -0.15) is 0 Å². The van der Waals surface area contributed by atoms with Gasteiger partial charge in [0.2, 0.25) is 0 Å². The van der Waals surface area contributed by atoms with Crippen LogP contribution >= 0.6 is 0 Å². The third-order valence-corrected chi connectivity index (χ3v) is 1.10. The van der Waals surface area contributed by atoms with Crippen molar-refractivity contribution in [3.05, 3.63) is 24.3 Å². The van der Waals surface area contributed by atoms with Crippen LogP contribution in [0.3, 0.4) is 0 Å². The first kappa shape index (κ1) is 8.44. The molecule has 9 heavy (non-hydrogen) atoms. The molecule has 0 aromatic heterocycles. The minimum absolute atomic E-state index is 0.998. The molecule has 0 amide bonds. The number of allylic oxidation sites excluding steroid dienone is 2. The lowest BCUT2D eigenvalue weighted by atomic mass is 10.3. The molecule has 0 aliphatic heterocycles. The number of rotatable bonds is 3. The lowest BCUT2D eigenvalue weighted by molar-refractivity contribution is 0.456. The predicted octanol–water partition coefficient (Wildman–Crippen LogP) is 1.68. The van der Waals surface area contributed by atoms with Gasteiger partial charge in [-0.3, -0.25) is 0 Å². The molecule has 0 unspecified atom stereocenters. The highest BCUT2D eigenvalue weighted by Crippen LogP contribution is 1.91.